The van der Waals surface area contributed by atoms with Gasteiger partial charge in [-0.1, -0.05) is 41.7 Å². The second-order valence-corrected chi connectivity index (χ2v) is 9.74. The molecule has 3 fully saturated rings. The van der Waals surface area contributed by atoms with Crippen molar-refractivity contribution in [3.8, 4) is 0 Å². The molecule has 32 heavy (non-hydrogen) atoms. The maximum Gasteiger partial charge on any atom is 0.257 e. The molecule has 6 rings (SSSR count). The van der Waals surface area contributed by atoms with Crippen molar-refractivity contribution in [1.82, 2.24) is 25.1 Å². The van der Waals surface area contributed by atoms with Crippen LogP contribution >= 0.6 is 11.3 Å². The number of ether oxygens (including phenoxy) is 2. The van der Waals surface area contributed by atoms with E-state index in [4.69, 9.17) is 9.47 Å². The van der Waals surface area contributed by atoms with Gasteiger partial charge in [-0.05, 0) is 18.4 Å². The van der Waals surface area contributed by atoms with E-state index in [1.807, 2.05) is 23.1 Å². The number of nitrogens with zero attached hydrogens (tertiary/aromatic N) is 5. The molecule has 1 aromatic carbocycles. The Bertz CT molecular complexity index is 1100. The third-order valence-corrected chi connectivity index (χ3v) is 7.40. The van der Waals surface area contributed by atoms with E-state index in [-0.39, 0.29) is 24.3 Å². The van der Waals surface area contributed by atoms with Crippen LogP contribution in [0.15, 0.2) is 48.9 Å². The minimum absolute atomic E-state index is 0.00424. The Hall–Kier alpha value is -2.75. The molecule has 1 amide bonds. The van der Waals surface area contributed by atoms with Gasteiger partial charge in [-0.25, -0.2) is 0 Å². The highest BCUT2D eigenvalue weighted by Gasteiger charge is 2.63. The Balaban J connectivity index is 1.04. The van der Waals surface area contributed by atoms with Gasteiger partial charge in [-0.3, -0.25) is 14.8 Å². The number of benzene rings is 1. The first kappa shape index (κ1) is 19.9. The number of hydrogen-bond acceptors (Lipinski definition) is 8. The first-order chi connectivity index (χ1) is 15.7. The second kappa shape index (κ2) is 7.99. The molecular weight excluding hydrogens is 426 g/mol. The van der Waals surface area contributed by atoms with Crippen molar-refractivity contribution in [2.75, 3.05) is 0 Å². The minimum atomic E-state index is -0.740. The lowest BCUT2D eigenvalue weighted by atomic mass is 9.76. The lowest BCUT2D eigenvalue weighted by molar-refractivity contribution is -0.177. The molecule has 2 aliphatic heterocycles. The molecule has 2 saturated heterocycles. The molecule has 2 aromatic heterocycles. The van der Waals surface area contributed by atoms with Crippen LogP contribution in [0.1, 0.15) is 53.0 Å². The van der Waals surface area contributed by atoms with Gasteiger partial charge in [0.2, 0.25) is 0 Å². The van der Waals surface area contributed by atoms with Crippen LogP contribution < -0.4 is 0 Å². The lowest BCUT2D eigenvalue weighted by Gasteiger charge is -2.42. The van der Waals surface area contributed by atoms with Crippen LogP contribution in [0.5, 0.6) is 0 Å². The SMILES string of the molecule is O=C1N2C(CC[C@H]2c2cnccn2)OC12CC(OCc1nnc(Cc3ccccc3)s1)C2. The summed E-state index contributed by atoms with van der Waals surface area (Å²) in [6.45, 7) is 0.413. The molecule has 4 heterocycles. The van der Waals surface area contributed by atoms with Crippen molar-refractivity contribution in [3.05, 3.63) is 70.2 Å². The molecule has 1 unspecified atom stereocenters. The van der Waals surface area contributed by atoms with Crippen LogP contribution in [0.3, 0.4) is 0 Å². The van der Waals surface area contributed by atoms with Crippen LogP contribution in [-0.2, 0) is 27.3 Å². The number of amides is 1. The number of rotatable bonds is 6. The Labute approximate surface area is 189 Å². The van der Waals surface area contributed by atoms with Gasteiger partial charge >= 0.3 is 0 Å². The zero-order valence-electron chi connectivity index (χ0n) is 17.5. The van der Waals surface area contributed by atoms with E-state index >= 15 is 0 Å². The van der Waals surface area contributed by atoms with E-state index < -0.39 is 5.60 Å². The van der Waals surface area contributed by atoms with Crippen molar-refractivity contribution in [2.45, 2.75) is 62.7 Å². The standard InChI is InChI=1S/C23H23N5O3S/c29-22-23(31-21-7-6-18(28(21)22)17-13-24-8-9-25-17)11-16(12-23)30-14-20-27-26-19(32-20)10-15-4-2-1-3-5-15/h1-5,8-9,13,16,18,21H,6-7,10-12,14H2/t16?,18-,21?,23?/m0/s1. The molecular formula is C23H23N5O3S. The van der Waals surface area contributed by atoms with Gasteiger partial charge < -0.3 is 14.4 Å². The summed E-state index contributed by atoms with van der Waals surface area (Å²) < 4.78 is 12.3. The number of hydrogen-bond donors (Lipinski definition) is 0. The van der Waals surface area contributed by atoms with Gasteiger partial charge in [0.25, 0.3) is 5.91 Å². The average Bonchev–Trinajstić information content (AvgIpc) is 3.49. The second-order valence-electron chi connectivity index (χ2n) is 8.60. The van der Waals surface area contributed by atoms with E-state index in [0.717, 1.165) is 35.0 Å². The summed E-state index contributed by atoms with van der Waals surface area (Å²) in [7, 11) is 0. The van der Waals surface area contributed by atoms with Gasteiger partial charge in [0, 0.05) is 31.7 Å². The monoisotopic (exact) mass is 449 g/mol. The molecule has 8 nitrogen and oxygen atoms in total. The van der Waals surface area contributed by atoms with Gasteiger partial charge in [0.05, 0.1) is 24.0 Å². The van der Waals surface area contributed by atoms with E-state index in [1.54, 1.807) is 29.9 Å². The first-order valence-electron chi connectivity index (χ1n) is 10.9. The normalized spacial score (nSPS) is 28.8. The Kier molecular flexibility index (Phi) is 4.97. The number of carbonyl (C=O) groups excluding carboxylic acids is 1. The predicted molar refractivity (Wildman–Crippen MR) is 115 cm³/mol. The quantitative estimate of drug-likeness (QED) is 0.571. The summed E-state index contributed by atoms with van der Waals surface area (Å²) in [5.41, 5.74) is 1.31. The Morgan fingerprint density at radius 2 is 1.97 bits per heavy atom. The number of fused-ring (bicyclic) bond motifs is 1. The van der Waals surface area contributed by atoms with Crippen LogP contribution in [0.4, 0.5) is 0 Å². The zero-order chi connectivity index (χ0) is 21.5. The fourth-order valence-electron chi connectivity index (χ4n) is 4.93. The van der Waals surface area contributed by atoms with E-state index in [2.05, 4.69) is 32.3 Å². The van der Waals surface area contributed by atoms with Crippen LogP contribution in [0, 0.1) is 0 Å². The Morgan fingerprint density at radius 1 is 1.12 bits per heavy atom. The van der Waals surface area contributed by atoms with Gasteiger partial charge in [-0.15, -0.1) is 10.2 Å². The average molecular weight is 450 g/mol. The third-order valence-electron chi connectivity index (χ3n) is 6.51. The minimum Gasteiger partial charge on any atom is -0.371 e. The van der Waals surface area contributed by atoms with Crippen molar-refractivity contribution >= 4 is 17.2 Å². The highest BCUT2D eigenvalue weighted by molar-refractivity contribution is 7.11. The molecule has 1 aliphatic carbocycles. The fourth-order valence-corrected chi connectivity index (χ4v) is 5.73. The van der Waals surface area contributed by atoms with E-state index in [0.29, 0.717) is 19.4 Å². The molecule has 2 atom stereocenters. The highest BCUT2D eigenvalue weighted by atomic mass is 32.1. The van der Waals surface area contributed by atoms with Crippen molar-refractivity contribution < 1.29 is 14.3 Å². The summed E-state index contributed by atoms with van der Waals surface area (Å²) in [5.74, 6) is 0.0663. The summed E-state index contributed by atoms with van der Waals surface area (Å²) in [6.07, 6.45) is 8.52. The van der Waals surface area contributed by atoms with Crippen LogP contribution in [0.25, 0.3) is 0 Å². The van der Waals surface area contributed by atoms with E-state index in [1.165, 1.54) is 5.56 Å². The van der Waals surface area contributed by atoms with Crippen molar-refractivity contribution in [2.24, 2.45) is 0 Å². The maximum absolute atomic E-state index is 13.2. The molecule has 0 radical (unpaired) electrons. The summed E-state index contributed by atoms with van der Waals surface area (Å²) >= 11 is 1.57. The maximum atomic E-state index is 13.2. The molecule has 9 heteroatoms. The smallest absolute Gasteiger partial charge is 0.257 e. The molecule has 164 valence electrons. The molecule has 1 spiro atoms. The summed E-state index contributed by atoms with van der Waals surface area (Å²) in [5, 5.41) is 10.4. The number of carbonyl (C=O) groups is 1. The first-order valence-corrected chi connectivity index (χ1v) is 11.8. The number of aromatic nitrogens is 4. The topological polar surface area (TPSA) is 90.3 Å². The van der Waals surface area contributed by atoms with Gasteiger partial charge in [-0.2, -0.15) is 0 Å². The van der Waals surface area contributed by atoms with Gasteiger partial charge in [0.15, 0.2) is 5.60 Å². The summed E-state index contributed by atoms with van der Waals surface area (Å²) in [6, 6.07) is 10.2. The van der Waals surface area contributed by atoms with Crippen molar-refractivity contribution in [1.29, 1.82) is 0 Å². The lowest BCUT2D eigenvalue weighted by Crippen LogP contribution is -2.54. The summed E-state index contributed by atoms with van der Waals surface area (Å²) in [4.78, 5) is 23.7. The van der Waals surface area contributed by atoms with E-state index in [9.17, 15) is 4.79 Å². The van der Waals surface area contributed by atoms with Crippen LogP contribution in [0.2, 0.25) is 0 Å². The molecule has 3 aromatic rings. The highest BCUT2D eigenvalue weighted by Crippen LogP contribution is 2.51. The third kappa shape index (κ3) is 3.50. The van der Waals surface area contributed by atoms with Crippen molar-refractivity contribution in [3.63, 3.8) is 0 Å². The largest absolute Gasteiger partial charge is 0.371 e. The molecule has 0 bridgehead atoms. The predicted octanol–water partition coefficient (Wildman–Crippen LogP) is 3.06. The molecule has 3 aliphatic rings. The van der Waals surface area contributed by atoms with Crippen LogP contribution in [-0.4, -0.2) is 48.9 Å². The van der Waals surface area contributed by atoms with Gasteiger partial charge in [0.1, 0.15) is 22.9 Å². The Morgan fingerprint density at radius 3 is 2.78 bits per heavy atom. The fraction of sp³-hybridized carbons (Fsp3) is 0.435. The zero-order valence-corrected chi connectivity index (χ0v) is 18.3. The molecule has 0 N–H and O–H groups in total. The molecule has 1 saturated carbocycles.